The number of carbonyl (C=O) groups excluding carboxylic acids is 4. The van der Waals surface area contributed by atoms with Crippen molar-refractivity contribution >= 4 is 23.9 Å². The Bertz CT molecular complexity index is 2220. The summed E-state index contributed by atoms with van der Waals surface area (Å²) in [5.74, 6) is 1.13. The quantitative estimate of drug-likeness (QED) is 0.149. The number of aromatic nitrogens is 4. The number of rotatable bonds is 10. The number of piperazine rings is 2. The molecule has 16 heteroatoms. The van der Waals surface area contributed by atoms with Crippen molar-refractivity contribution in [1.82, 2.24) is 60.0 Å². The van der Waals surface area contributed by atoms with E-state index in [1.54, 1.807) is 9.80 Å². The van der Waals surface area contributed by atoms with E-state index >= 15 is 0 Å². The zero-order valence-electron chi connectivity index (χ0n) is 36.7. The van der Waals surface area contributed by atoms with E-state index in [9.17, 15) is 19.2 Å². The number of urea groups is 2. The van der Waals surface area contributed by atoms with Crippen LogP contribution in [0.25, 0.3) is 22.5 Å². The molecule has 6 amide bonds. The van der Waals surface area contributed by atoms with Gasteiger partial charge in [0.2, 0.25) is 11.8 Å². The van der Waals surface area contributed by atoms with Crippen LogP contribution in [0.3, 0.4) is 0 Å². The fourth-order valence-corrected chi connectivity index (χ4v) is 9.41. The average molecular weight is 867 g/mol. The number of hydrogen-bond donors (Lipinski definition) is 4. The van der Waals surface area contributed by atoms with Crippen molar-refractivity contribution in [3.63, 3.8) is 0 Å². The number of imidazole rings is 2. The highest BCUT2D eigenvalue weighted by molar-refractivity contribution is 5.89. The van der Waals surface area contributed by atoms with Crippen molar-refractivity contribution < 1.29 is 19.2 Å². The van der Waals surface area contributed by atoms with Crippen molar-refractivity contribution in [2.45, 2.75) is 49.9 Å². The summed E-state index contributed by atoms with van der Waals surface area (Å²) >= 11 is 0. The number of hydrogen-bond acceptors (Lipinski definition) is 8. The molecular formula is C48H58N12O4. The highest BCUT2D eigenvalue weighted by Gasteiger charge is 2.39. The third-order valence-corrected chi connectivity index (χ3v) is 13.3. The van der Waals surface area contributed by atoms with Gasteiger partial charge in [-0.15, -0.1) is 0 Å². The van der Waals surface area contributed by atoms with Gasteiger partial charge in [-0.25, -0.2) is 19.6 Å². The van der Waals surface area contributed by atoms with Crippen LogP contribution in [0.4, 0.5) is 9.59 Å². The van der Waals surface area contributed by atoms with Crippen LogP contribution >= 0.6 is 0 Å². The number of nitrogens with one attached hydrogen (secondary N) is 4. The second kappa shape index (κ2) is 19.1. The van der Waals surface area contributed by atoms with Crippen LogP contribution < -0.4 is 10.6 Å². The molecule has 9 rings (SSSR count). The average Bonchev–Trinajstić information content (AvgIpc) is 4.18. The molecular weight excluding hydrogens is 809 g/mol. The largest absolute Gasteiger partial charge is 0.340 e. The van der Waals surface area contributed by atoms with Gasteiger partial charge in [-0.05, 0) is 62.0 Å². The lowest BCUT2D eigenvalue weighted by Crippen LogP contribution is -2.53. The lowest BCUT2D eigenvalue weighted by molar-refractivity contribution is -0.135. The molecule has 0 radical (unpaired) electrons. The molecule has 4 aliphatic rings. The Morgan fingerprint density at radius 2 is 0.906 bits per heavy atom. The number of H-pyrrole nitrogens is 2. The molecule has 0 aliphatic carbocycles. The fraction of sp³-hybridized carbons (Fsp3) is 0.417. The number of likely N-dealkylation sites (tertiary alicyclic amines) is 2. The van der Waals surface area contributed by atoms with Crippen LogP contribution in [-0.2, 0) is 9.59 Å². The molecule has 0 bridgehead atoms. The summed E-state index contributed by atoms with van der Waals surface area (Å²) in [4.78, 5) is 83.9. The van der Waals surface area contributed by atoms with Gasteiger partial charge < -0.3 is 50.0 Å². The molecule has 0 saturated carbocycles. The lowest BCUT2D eigenvalue weighted by atomic mass is 10.0. The van der Waals surface area contributed by atoms with Crippen molar-refractivity contribution in [3.8, 4) is 22.5 Å². The molecule has 0 unspecified atom stereocenters. The van der Waals surface area contributed by atoms with Gasteiger partial charge >= 0.3 is 12.1 Å². The molecule has 5 aromatic rings. The van der Waals surface area contributed by atoms with Gasteiger partial charge in [-0.3, -0.25) is 9.59 Å². The molecule has 64 heavy (non-hydrogen) atoms. The van der Waals surface area contributed by atoms with Crippen LogP contribution in [0.1, 0.15) is 72.6 Å². The van der Waals surface area contributed by atoms with E-state index in [-0.39, 0.29) is 36.0 Å². The summed E-state index contributed by atoms with van der Waals surface area (Å²) in [7, 11) is 4.09. The maximum absolute atomic E-state index is 14.4. The lowest BCUT2D eigenvalue weighted by Gasteiger charge is -2.34. The molecule has 0 spiro atoms. The molecule has 4 fully saturated rings. The van der Waals surface area contributed by atoms with Gasteiger partial charge in [0.1, 0.15) is 23.7 Å². The summed E-state index contributed by atoms with van der Waals surface area (Å²) in [6.45, 7) is 6.76. The predicted octanol–water partition coefficient (Wildman–Crippen LogP) is 5.19. The molecule has 4 N–H and O–H groups in total. The van der Waals surface area contributed by atoms with Gasteiger partial charge in [-0.1, -0.05) is 84.9 Å². The van der Waals surface area contributed by atoms with Crippen molar-refractivity contribution in [1.29, 1.82) is 0 Å². The Morgan fingerprint density at radius 1 is 0.531 bits per heavy atom. The Morgan fingerprint density at radius 3 is 1.28 bits per heavy atom. The fourth-order valence-electron chi connectivity index (χ4n) is 9.41. The second-order valence-electron chi connectivity index (χ2n) is 17.5. The Kier molecular flexibility index (Phi) is 12.7. The molecule has 16 nitrogen and oxygen atoms in total. The second-order valence-corrected chi connectivity index (χ2v) is 17.5. The predicted molar refractivity (Wildman–Crippen MR) is 243 cm³/mol. The SMILES string of the molecule is CN1CCN(C(=O)N[C@@H](C(=O)N2CCC[C@H]2c2ncc(-c3ccc(-c4cnc([C@@H]5CCCN5C(=O)[C@H](NC(=O)N5CCN(C)CC5)c5ccccc5)[nH]4)cc3)[nH]2)c2ccccc2)CC1. The van der Waals surface area contributed by atoms with E-state index in [1.165, 1.54) is 0 Å². The maximum Gasteiger partial charge on any atom is 0.318 e. The molecule has 334 valence electrons. The topological polar surface area (TPSA) is 169 Å². The number of amides is 6. The third-order valence-electron chi connectivity index (χ3n) is 13.3. The minimum atomic E-state index is -0.817. The minimum absolute atomic E-state index is 0.147. The first-order chi connectivity index (χ1) is 31.2. The number of benzene rings is 3. The van der Waals surface area contributed by atoms with Crippen molar-refractivity contribution in [3.05, 3.63) is 120 Å². The van der Waals surface area contributed by atoms with Crippen LogP contribution in [-0.4, -0.2) is 153 Å². The molecule has 4 saturated heterocycles. The number of aromatic amines is 2. The van der Waals surface area contributed by atoms with E-state index in [0.717, 1.165) is 85.5 Å². The number of nitrogens with zero attached hydrogens (tertiary/aromatic N) is 8. The van der Waals surface area contributed by atoms with E-state index in [1.807, 2.05) is 121 Å². The summed E-state index contributed by atoms with van der Waals surface area (Å²) in [6, 6.07) is 24.5. The standard InChI is InChI=1S/C48H58N12O4/c1-55-23-27-57(28-24-55)47(63)53-41(35-11-5-3-6-12-35)45(61)59-21-9-15-39(59)43-49-31-37(51-43)33-17-19-34(20-18-33)38-32-50-44(52-38)40-16-10-22-60(40)46(62)42(36-13-7-4-8-14-36)54-48(64)58-29-25-56(2)26-30-58/h3-8,11-14,17-20,31-32,39-42H,9-10,15-16,21-30H2,1-2H3,(H,49,51)(H,50,52)(H,53,63)(H,54,64)/t39-,40-,41+,42+/m0/s1. The van der Waals surface area contributed by atoms with Crippen LogP contribution in [0.2, 0.25) is 0 Å². The highest BCUT2D eigenvalue weighted by Crippen LogP contribution is 2.36. The molecule has 3 aromatic carbocycles. The van der Waals surface area contributed by atoms with Gasteiger partial charge in [0.25, 0.3) is 0 Å². The normalized spacial score (nSPS) is 20.6. The first kappa shape index (κ1) is 42.8. The number of likely N-dealkylation sites (N-methyl/N-ethyl adjacent to an activating group) is 2. The van der Waals surface area contributed by atoms with Crippen LogP contribution in [0, 0.1) is 0 Å². The Balaban J connectivity index is 0.867. The molecule has 6 heterocycles. The summed E-state index contributed by atoms with van der Waals surface area (Å²) in [5.41, 5.74) is 5.05. The first-order valence-electron chi connectivity index (χ1n) is 22.6. The van der Waals surface area contributed by atoms with Crippen molar-refractivity contribution in [2.24, 2.45) is 0 Å². The maximum atomic E-state index is 14.4. The summed E-state index contributed by atoms with van der Waals surface area (Å²) in [6.07, 6.45) is 6.80. The number of carbonyl (C=O) groups is 4. The van der Waals surface area contributed by atoms with Gasteiger partial charge in [0.05, 0.1) is 35.9 Å². The van der Waals surface area contributed by atoms with E-state index in [4.69, 9.17) is 9.97 Å². The van der Waals surface area contributed by atoms with E-state index in [2.05, 4.69) is 30.4 Å². The monoisotopic (exact) mass is 866 g/mol. The van der Waals surface area contributed by atoms with Crippen LogP contribution in [0.5, 0.6) is 0 Å². The smallest absolute Gasteiger partial charge is 0.318 e. The zero-order valence-corrected chi connectivity index (χ0v) is 36.7. The first-order valence-corrected chi connectivity index (χ1v) is 22.6. The molecule has 4 atom stereocenters. The van der Waals surface area contributed by atoms with Gasteiger partial charge in [0.15, 0.2) is 0 Å². The van der Waals surface area contributed by atoms with E-state index in [0.29, 0.717) is 50.9 Å². The van der Waals surface area contributed by atoms with Gasteiger partial charge in [0, 0.05) is 65.4 Å². The Labute approximate surface area is 374 Å². The van der Waals surface area contributed by atoms with Crippen molar-refractivity contribution in [2.75, 3.05) is 79.5 Å². The summed E-state index contributed by atoms with van der Waals surface area (Å²) in [5, 5.41) is 6.15. The zero-order chi connectivity index (χ0) is 44.2. The Hall–Kier alpha value is -6.52. The third kappa shape index (κ3) is 9.24. The van der Waals surface area contributed by atoms with Crippen LogP contribution in [0.15, 0.2) is 97.3 Å². The molecule has 2 aromatic heterocycles. The summed E-state index contributed by atoms with van der Waals surface area (Å²) < 4.78 is 0. The highest BCUT2D eigenvalue weighted by atomic mass is 16.2. The van der Waals surface area contributed by atoms with Gasteiger partial charge in [-0.2, -0.15) is 0 Å². The minimum Gasteiger partial charge on any atom is -0.340 e. The molecule has 4 aliphatic heterocycles. The van der Waals surface area contributed by atoms with E-state index < -0.39 is 12.1 Å².